The molecule has 0 fully saturated rings. The second kappa shape index (κ2) is 6.13. The molecule has 0 aliphatic carbocycles. The summed E-state index contributed by atoms with van der Waals surface area (Å²) in [7, 11) is 1.60. The monoisotopic (exact) mass is 292 g/mol. The largest absolute Gasteiger partial charge is 0.454 e. The first kappa shape index (κ1) is 13.9. The van der Waals surface area contributed by atoms with Gasteiger partial charge in [0, 0.05) is 25.3 Å². The predicted octanol–water partition coefficient (Wildman–Crippen LogP) is 1.30. The zero-order valence-electron chi connectivity index (χ0n) is 11.5. The number of nitrogens with zero attached hydrogens (tertiary/aromatic N) is 1. The topological polar surface area (TPSA) is 86.0 Å². The molecule has 0 radical (unpaired) electrons. The van der Waals surface area contributed by atoms with Crippen LogP contribution in [0.15, 0.2) is 28.8 Å². The van der Waals surface area contributed by atoms with Crippen LogP contribution in [-0.2, 0) is 4.74 Å². The summed E-state index contributed by atoms with van der Waals surface area (Å²) in [6.45, 7) is 1.25. The van der Waals surface area contributed by atoms with Gasteiger partial charge in [-0.25, -0.2) is 0 Å². The number of benzene rings is 1. The molecular weight excluding hydrogens is 276 g/mol. The van der Waals surface area contributed by atoms with Gasteiger partial charge in [0.25, 0.3) is 0 Å². The zero-order valence-corrected chi connectivity index (χ0v) is 11.5. The van der Waals surface area contributed by atoms with E-state index in [1.807, 2.05) is 18.2 Å². The smallest absolute Gasteiger partial charge is 0.231 e. The van der Waals surface area contributed by atoms with Gasteiger partial charge in [-0.2, -0.15) is 0 Å². The Morgan fingerprint density at radius 2 is 2.19 bits per heavy atom. The second-order valence-corrected chi connectivity index (χ2v) is 4.53. The SMILES string of the molecule is COCCNC(O)c1cc(-c2ccc3c(c2)OCO3)on1. The molecule has 1 aromatic carbocycles. The molecule has 2 heterocycles. The van der Waals surface area contributed by atoms with Crippen molar-refractivity contribution in [2.24, 2.45) is 0 Å². The van der Waals surface area contributed by atoms with Crippen LogP contribution in [0.25, 0.3) is 11.3 Å². The van der Waals surface area contributed by atoms with Gasteiger partial charge in [-0.15, -0.1) is 0 Å². The van der Waals surface area contributed by atoms with E-state index in [-0.39, 0.29) is 6.79 Å². The lowest BCUT2D eigenvalue weighted by atomic mass is 10.1. The van der Waals surface area contributed by atoms with Crippen LogP contribution in [0.5, 0.6) is 11.5 Å². The number of aliphatic hydroxyl groups excluding tert-OH is 1. The van der Waals surface area contributed by atoms with Gasteiger partial charge < -0.3 is 23.8 Å². The number of fused-ring (bicyclic) bond motifs is 1. The van der Waals surface area contributed by atoms with E-state index in [0.29, 0.717) is 36.1 Å². The molecule has 1 unspecified atom stereocenters. The molecule has 0 bridgehead atoms. The standard InChI is InChI=1S/C14H16N2O5/c1-18-5-4-15-14(17)10-7-12(21-16-10)9-2-3-11-13(6-9)20-8-19-11/h2-3,6-7,14-15,17H,4-5,8H2,1H3. The van der Waals surface area contributed by atoms with Crippen LogP contribution in [-0.4, -0.2) is 37.3 Å². The number of ether oxygens (including phenoxy) is 3. The number of nitrogens with one attached hydrogen (secondary N) is 1. The molecule has 7 nitrogen and oxygen atoms in total. The minimum Gasteiger partial charge on any atom is -0.454 e. The fourth-order valence-electron chi connectivity index (χ4n) is 2.01. The summed E-state index contributed by atoms with van der Waals surface area (Å²) in [4.78, 5) is 0. The third kappa shape index (κ3) is 2.99. The third-order valence-electron chi connectivity index (χ3n) is 3.11. The van der Waals surface area contributed by atoms with Crippen LogP contribution in [0.1, 0.15) is 11.9 Å². The van der Waals surface area contributed by atoms with Crippen molar-refractivity contribution in [2.45, 2.75) is 6.23 Å². The predicted molar refractivity (Wildman–Crippen MR) is 72.9 cm³/mol. The molecule has 3 rings (SSSR count). The summed E-state index contributed by atoms with van der Waals surface area (Å²) < 4.78 is 20.7. The molecule has 2 aromatic rings. The van der Waals surface area contributed by atoms with Crippen LogP contribution >= 0.6 is 0 Å². The van der Waals surface area contributed by atoms with E-state index in [1.54, 1.807) is 13.2 Å². The molecule has 112 valence electrons. The van der Waals surface area contributed by atoms with E-state index >= 15 is 0 Å². The lowest BCUT2D eigenvalue weighted by Gasteiger charge is -2.08. The Balaban J connectivity index is 1.72. The van der Waals surface area contributed by atoms with E-state index in [9.17, 15) is 5.11 Å². The van der Waals surface area contributed by atoms with Crippen LogP contribution in [0.2, 0.25) is 0 Å². The Morgan fingerprint density at radius 1 is 1.33 bits per heavy atom. The maximum atomic E-state index is 9.93. The summed E-state index contributed by atoms with van der Waals surface area (Å²) in [5, 5.41) is 16.7. The van der Waals surface area contributed by atoms with Gasteiger partial charge >= 0.3 is 0 Å². The fourth-order valence-corrected chi connectivity index (χ4v) is 2.01. The van der Waals surface area contributed by atoms with Gasteiger partial charge in [0.1, 0.15) is 5.69 Å². The normalized spacial score (nSPS) is 14.4. The minimum atomic E-state index is -0.897. The van der Waals surface area contributed by atoms with Crippen molar-refractivity contribution in [3.05, 3.63) is 30.0 Å². The van der Waals surface area contributed by atoms with Gasteiger partial charge in [0.15, 0.2) is 23.5 Å². The quantitative estimate of drug-likeness (QED) is 0.613. The Bertz CT molecular complexity index is 613. The number of hydrogen-bond donors (Lipinski definition) is 2. The van der Waals surface area contributed by atoms with Crippen LogP contribution in [0.4, 0.5) is 0 Å². The first-order valence-corrected chi connectivity index (χ1v) is 6.55. The zero-order chi connectivity index (χ0) is 14.7. The molecule has 0 spiro atoms. The highest BCUT2D eigenvalue weighted by atomic mass is 16.7. The summed E-state index contributed by atoms with van der Waals surface area (Å²) in [6.07, 6.45) is -0.897. The van der Waals surface area contributed by atoms with Gasteiger partial charge in [0.2, 0.25) is 6.79 Å². The average molecular weight is 292 g/mol. The maximum absolute atomic E-state index is 9.93. The summed E-state index contributed by atoms with van der Waals surface area (Å²) in [5.74, 6) is 1.93. The molecule has 21 heavy (non-hydrogen) atoms. The molecule has 2 N–H and O–H groups in total. The molecule has 1 aliphatic rings. The number of hydrogen-bond acceptors (Lipinski definition) is 7. The second-order valence-electron chi connectivity index (χ2n) is 4.53. The van der Waals surface area contributed by atoms with Crippen LogP contribution in [0, 0.1) is 0 Å². The van der Waals surface area contributed by atoms with Gasteiger partial charge in [-0.3, -0.25) is 5.32 Å². The highest BCUT2D eigenvalue weighted by molar-refractivity contribution is 5.63. The van der Waals surface area contributed by atoms with Gasteiger partial charge in [-0.1, -0.05) is 5.16 Å². The molecule has 7 heteroatoms. The Hall–Kier alpha value is -2.09. The molecular formula is C14H16N2O5. The summed E-state index contributed by atoms with van der Waals surface area (Å²) in [6, 6.07) is 7.16. The highest BCUT2D eigenvalue weighted by Gasteiger charge is 2.17. The highest BCUT2D eigenvalue weighted by Crippen LogP contribution is 2.36. The van der Waals surface area contributed by atoms with Crippen LogP contribution in [0.3, 0.4) is 0 Å². The van der Waals surface area contributed by atoms with E-state index in [4.69, 9.17) is 18.7 Å². The van der Waals surface area contributed by atoms with Gasteiger partial charge in [-0.05, 0) is 18.2 Å². The van der Waals surface area contributed by atoms with E-state index in [0.717, 1.165) is 5.56 Å². The van der Waals surface area contributed by atoms with Crippen molar-refractivity contribution >= 4 is 0 Å². The molecule has 1 aromatic heterocycles. The van der Waals surface area contributed by atoms with E-state index in [1.165, 1.54) is 0 Å². The Labute approximate surface area is 121 Å². The molecule has 1 atom stereocenters. The average Bonchev–Trinajstić information content (AvgIpc) is 3.15. The van der Waals surface area contributed by atoms with Crippen molar-refractivity contribution in [1.29, 1.82) is 0 Å². The Kier molecular flexibility index (Phi) is 4.05. The minimum absolute atomic E-state index is 0.225. The molecule has 0 amide bonds. The molecule has 1 aliphatic heterocycles. The van der Waals surface area contributed by atoms with Crippen LogP contribution < -0.4 is 14.8 Å². The summed E-state index contributed by atoms with van der Waals surface area (Å²) in [5.41, 5.74) is 1.22. The lowest BCUT2D eigenvalue weighted by molar-refractivity contribution is 0.112. The van der Waals surface area contributed by atoms with E-state index in [2.05, 4.69) is 10.5 Å². The van der Waals surface area contributed by atoms with Gasteiger partial charge in [0.05, 0.1) is 6.61 Å². The number of aliphatic hydroxyl groups is 1. The maximum Gasteiger partial charge on any atom is 0.231 e. The van der Waals surface area contributed by atoms with E-state index < -0.39 is 6.23 Å². The summed E-state index contributed by atoms with van der Waals surface area (Å²) >= 11 is 0. The van der Waals surface area contributed by atoms with Crippen molar-refractivity contribution in [3.63, 3.8) is 0 Å². The molecule has 0 saturated carbocycles. The van der Waals surface area contributed by atoms with Crippen molar-refractivity contribution in [1.82, 2.24) is 10.5 Å². The lowest BCUT2D eigenvalue weighted by Crippen LogP contribution is -2.24. The van der Waals surface area contributed by atoms with Crippen molar-refractivity contribution in [2.75, 3.05) is 27.1 Å². The van der Waals surface area contributed by atoms with Crippen molar-refractivity contribution in [3.8, 4) is 22.8 Å². The number of aromatic nitrogens is 1. The third-order valence-corrected chi connectivity index (χ3v) is 3.11. The first-order valence-electron chi connectivity index (χ1n) is 6.55. The Morgan fingerprint density at radius 3 is 3.05 bits per heavy atom. The fraction of sp³-hybridized carbons (Fsp3) is 0.357. The number of rotatable bonds is 6. The number of methoxy groups -OCH3 is 1. The first-order chi connectivity index (χ1) is 10.3. The van der Waals surface area contributed by atoms with Crippen molar-refractivity contribution < 1.29 is 23.8 Å². The molecule has 0 saturated heterocycles.